The highest BCUT2D eigenvalue weighted by Gasteiger charge is 2.28. The number of benzene rings is 1. The van der Waals surface area contributed by atoms with Crippen LogP contribution in [-0.2, 0) is 6.42 Å². The topological polar surface area (TPSA) is 65.5 Å². The number of aliphatic hydroxyl groups is 1. The van der Waals surface area contributed by atoms with E-state index in [1.54, 1.807) is 6.20 Å². The highest BCUT2D eigenvalue weighted by atomic mass is 35.5. The minimum absolute atomic E-state index is 0.0529. The van der Waals surface area contributed by atoms with Crippen LogP contribution < -0.4 is 5.32 Å². The van der Waals surface area contributed by atoms with Crippen LogP contribution in [0.5, 0.6) is 0 Å². The first-order valence-corrected chi connectivity index (χ1v) is 9.38. The molecule has 0 saturated carbocycles. The second-order valence-corrected chi connectivity index (χ2v) is 7.00. The van der Waals surface area contributed by atoms with Crippen LogP contribution in [0.15, 0.2) is 48.7 Å². The number of halogens is 1. The van der Waals surface area contributed by atoms with Gasteiger partial charge in [-0.2, -0.15) is 0 Å². The predicted octanol–water partition coefficient (Wildman–Crippen LogP) is 3.43. The molecule has 1 aliphatic heterocycles. The van der Waals surface area contributed by atoms with Crippen LogP contribution in [0, 0.1) is 5.92 Å². The van der Waals surface area contributed by atoms with Gasteiger partial charge in [0.05, 0.1) is 11.8 Å². The number of likely N-dealkylation sites (tertiary alicyclic amines) is 1. The molecule has 2 aromatic rings. The van der Waals surface area contributed by atoms with E-state index >= 15 is 0 Å². The molecule has 138 valence electrons. The summed E-state index contributed by atoms with van der Waals surface area (Å²) in [5.74, 6) is 0.136. The van der Waals surface area contributed by atoms with Gasteiger partial charge in [0, 0.05) is 30.9 Å². The van der Waals surface area contributed by atoms with E-state index in [4.69, 9.17) is 11.6 Å². The van der Waals surface area contributed by atoms with Crippen LogP contribution in [0.25, 0.3) is 0 Å². The van der Waals surface area contributed by atoms with E-state index in [1.807, 2.05) is 47.4 Å². The van der Waals surface area contributed by atoms with E-state index in [0.29, 0.717) is 31.7 Å². The average Bonchev–Trinajstić information content (AvgIpc) is 2.69. The van der Waals surface area contributed by atoms with Crippen molar-refractivity contribution in [2.24, 2.45) is 5.92 Å². The molecule has 1 aromatic heterocycles. The lowest BCUT2D eigenvalue weighted by Crippen LogP contribution is -2.45. The van der Waals surface area contributed by atoms with Crippen LogP contribution in [-0.4, -0.2) is 40.7 Å². The zero-order chi connectivity index (χ0) is 18.4. The number of aromatic nitrogens is 1. The van der Waals surface area contributed by atoms with Crippen molar-refractivity contribution in [1.29, 1.82) is 0 Å². The lowest BCUT2D eigenvalue weighted by Gasteiger charge is -2.34. The van der Waals surface area contributed by atoms with Gasteiger partial charge in [0.2, 0.25) is 0 Å². The molecule has 0 unspecified atom stereocenters. The fourth-order valence-electron chi connectivity index (χ4n) is 3.33. The molecule has 0 bridgehead atoms. The number of pyridine rings is 1. The number of nitrogens with one attached hydrogen (secondary N) is 1. The Morgan fingerprint density at radius 2 is 1.96 bits per heavy atom. The second kappa shape index (κ2) is 9.01. The first kappa shape index (κ1) is 18.7. The van der Waals surface area contributed by atoms with Gasteiger partial charge in [-0.1, -0.05) is 35.9 Å². The highest BCUT2D eigenvalue weighted by Crippen LogP contribution is 2.29. The molecular formula is C20H24ClN3O2. The Morgan fingerprint density at radius 3 is 2.65 bits per heavy atom. The number of piperidine rings is 1. The van der Waals surface area contributed by atoms with Gasteiger partial charge < -0.3 is 15.3 Å². The molecule has 1 aromatic carbocycles. The summed E-state index contributed by atoms with van der Waals surface area (Å²) in [7, 11) is 0. The maximum atomic E-state index is 12.3. The van der Waals surface area contributed by atoms with Gasteiger partial charge >= 0.3 is 6.03 Å². The first-order chi connectivity index (χ1) is 12.6. The minimum Gasteiger partial charge on any atom is -0.387 e. The van der Waals surface area contributed by atoms with Gasteiger partial charge in [0.25, 0.3) is 0 Å². The molecule has 26 heavy (non-hydrogen) atoms. The minimum atomic E-state index is -0.568. The molecule has 0 spiro atoms. The Kier molecular flexibility index (Phi) is 6.47. The number of urea groups is 1. The molecule has 5 nitrogen and oxygen atoms in total. The molecule has 1 saturated heterocycles. The molecule has 6 heteroatoms. The number of aliphatic hydroxyl groups excluding tert-OH is 1. The molecule has 0 radical (unpaired) electrons. The number of carbonyl (C=O) groups excluding carboxylic acids is 1. The predicted molar refractivity (Wildman–Crippen MR) is 102 cm³/mol. The summed E-state index contributed by atoms with van der Waals surface area (Å²) in [6.07, 6.45) is 3.38. The summed E-state index contributed by atoms with van der Waals surface area (Å²) in [4.78, 5) is 18.4. The fourth-order valence-corrected chi connectivity index (χ4v) is 3.56. The SMILES string of the molecule is O=C(NCCc1ccccc1Cl)N1CCC([C@H](O)c2ccccn2)CC1. The number of rotatable bonds is 5. The van der Waals surface area contributed by atoms with Crippen LogP contribution in [0.4, 0.5) is 4.79 Å². The molecular weight excluding hydrogens is 350 g/mol. The zero-order valence-corrected chi connectivity index (χ0v) is 15.4. The van der Waals surface area contributed by atoms with Crippen LogP contribution in [0.2, 0.25) is 5.02 Å². The van der Waals surface area contributed by atoms with Crippen molar-refractivity contribution >= 4 is 17.6 Å². The van der Waals surface area contributed by atoms with Crippen molar-refractivity contribution in [2.45, 2.75) is 25.4 Å². The van der Waals surface area contributed by atoms with E-state index < -0.39 is 6.10 Å². The Bertz CT molecular complexity index is 718. The largest absolute Gasteiger partial charge is 0.387 e. The number of carbonyl (C=O) groups is 1. The Labute approximate surface area is 159 Å². The summed E-state index contributed by atoms with van der Waals surface area (Å²) in [6, 6.07) is 13.2. The van der Waals surface area contributed by atoms with Crippen molar-refractivity contribution in [1.82, 2.24) is 15.2 Å². The van der Waals surface area contributed by atoms with Gasteiger partial charge in [-0.05, 0) is 48.9 Å². The molecule has 2 N–H and O–H groups in total. The van der Waals surface area contributed by atoms with E-state index in [9.17, 15) is 9.90 Å². The molecule has 2 heterocycles. The monoisotopic (exact) mass is 373 g/mol. The van der Waals surface area contributed by atoms with E-state index in [2.05, 4.69) is 10.3 Å². The second-order valence-electron chi connectivity index (χ2n) is 6.60. The Hall–Kier alpha value is -2.11. The fraction of sp³-hybridized carbons (Fsp3) is 0.400. The summed E-state index contributed by atoms with van der Waals surface area (Å²) < 4.78 is 0. The van der Waals surface area contributed by atoms with Gasteiger partial charge in [-0.15, -0.1) is 0 Å². The lowest BCUT2D eigenvalue weighted by atomic mass is 9.89. The average molecular weight is 374 g/mol. The van der Waals surface area contributed by atoms with Crippen molar-refractivity contribution in [2.75, 3.05) is 19.6 Å². The van der Waals surface area contributed by atoms with E-state index in [-0.39, 0.29) is 11.9 Å². The highest BCUT2D eigenvalue weighted by molar-refractivity contribution is 6.31. The standard InChI is InChI=1S/C20H24ClN3O2/c21-17-6-2-1-5-15(17)8-12-23-20(26)24-13-9-16(10-14-24)19(25)18-7-3-4-11-22-18/h1-7,11,16,19,25H,8-10,12-14H2,(H,23,26)/t19-/m0/s1. The van der Waals surface area contributed by atoms with Crippen molar-refractivity contribution in [3.05, 3.63) is 64.9 Å². The van der Waals surface area contributed by atoms with Gasteiger partial charge in [-0.25, -0.2) is 4.79 Å². The summed E-state index contributed by atoms with van der Waals surface area (Å²) in [5, 5.41) is 14.2. The molecule has 0 aliphatic carbocycles. The molecule has 3 rings (SSSR count). The number of amides is 2. The molecule has 1 aliphatic rings. The maximum absolute atomic E-state index is 12.3. The summed E-state index contributed by atoms with van der Waals surface area (Å²) in [6.45, 7) is 1.85. The Morgan fingerprint density at radius 1 is 1.23 bits per heavy atom. The normalized spacial score (nSPS) is 16.3. The third-order valence-electron chi connectivity index (χ3n) is 4.89. The van der Waals surface area contributed by atoms with Crippen LogP contribution in [0.3, 0.4) is 0 Å². The summed E-state index contributed by atoms with van der Waals surface area (Å²) >= 11 is 6.13. The quantitative estimate of drug-likeness (QED) is 0.843. The van der Waals surface area contributed by atoms with Crippen LogP contribution in [0.1, 0.15) is 30.2 Å². The van der Waals surface area contributed by atoms with Gasteiger partial charge in [0.15, 0.2) is 0 Å². The van der Waals surface area contributed by atoms with Crippen molar-refractivity contribution in [3.8, 4) is 0 Å². The van der Waals surface area contributed by atoms with Crippen LogP contribution >= 0.6 is 11.6 Å². The maximum Gasteiger partial charge on any atom is 0.317 e. The Balaban J connectivity index is 1.43. The number of hydrogen-bond donors (Lipinski definition) is 2. The molecule has 1 fully saturated rings. The summed E-state index contributed by atoms with van der Waals surface area (Å²) in [5.41, 5.74) is 1.74. The van der Waals surface area contributed by atoms with Crippen molar-refractivity contribution in [3.63, 3.8) is 0 Å². The first-order valence-electron chi connectivity index (χ1n) is 9.00. The smallest absolute Gasteiger partial charge is 0.317 e. The number of nitrogens with zero attached hydrogens (tertiary/aromatic N) is 2. The third-order valence-corrected chi connectivity index (χ3v) is 5.26. The van der Waals surface area contributed by atoms with E-state index in [1.165, 1.54) is 0 Å². The number of hydrogen-bond acceptors (Lipinski definition) is 3. The van der Waals surface area contributed by atoms with Gasteiger partial charge in [0.1, 0.15) is 0 Å². The molecule has 2 amide bonds. The zero-order valence-electron chi connectivity index (χ0n) is 14.6. The third kappa shape index (κ3) is 4.74. The lowest BCUT2D eigenvalue weighted by molar-refractivity contribution is 0.0636. The molecule has 1 atom stereocenters. The van der Waals surface area contributed by atoms with Crippen molar-refractivity contribution < 1.29 is 9.90 Å². The van der Waals surface area contributed by atoms with E-state index in [0.717, 1.165) is 23.4 Å². The van der Waals surface area contributed by atoms with Gasteiger partial charge in [-0.3, -0.25) is 4.98 Å².